The van der Waals surface area contributed by atoms with Crippen LogP contribution in [0.4, 0.5) is 0 Å². The van der Waals surface area contributed by atoms with Crippen LogP contribution >= 0.6 is 11.8 Å². The highest BCUT2D eigenvalue weighted by atomic mass is 32.2. The molecule has 1 atom stereocenters. The minimum atomic E-state index is -0.975. The Balaban J connectivity index is 2.25. The van der Waals surface area contributed by atoms with Crippen molar-refractivity contribution in [1.82, 2.24) is 15.0 Å². The van der Waals surface area contributed by atoms with Crippen LogP contribution in [0, 0.1) is 0 Å². The molecule has 0 spiro atoms. The fourth-order valence-electron chi connectivity index (χ4n) is 0.823. The average Bonchev–Trinajstić information content (AvgIpc) is 2.51. The Bertz CT molecular complexity index is 314. The fourth-order valence-corrected chi connectivity index (χ4v) is 1.68. The van der Waals surface area contributed by atoms with E-state index >= 15 is 0 Å². The van der Waals surface area contributed by atoms with Gasteiger partial charge in [0.2, 0.25) is 0 Å². The van der Waals surface area contributed by atoms with E-state index in [1.54, 1.807) is 17.9 Å². The number of hydrogen-bond acceptors (Lipinski definition) is 5. The molecule has 0 bridgehead atoms. The lowest BCUT2D eigenvalue weighted by atomic mass is 10.4. The number of nitrogens with two attached hydrogens (primary N) is 1. The third-order valence-corrected chi connectivity index (χ3v) is 2.61. The van der Waals surface area contributed by atoms with Gasteiger partial charge in [0.15, 0.2) is 0 Å². The third-order valence-electron chi connectivity index (χ3n) is 1.51. The van der Waals surface area contributed by atoms with E-state index in [1.807, 2.05) is 0 Å². The molecule has 0 saturated heterocycles. The van der Waals surface area contributed by atoms with Gasteiger partial charge in [0.25, 0.3) is 0 Å². The van der Waals surface area contributed by atoms with E-state index in [0.29, 0.717) is 11.5 Å². The van der Waals surface area contributed by atoms with Gasteiger partial charge in [-0.3, -0.25) is 9.48 Å². The molecular weight excluding hydrogens is 204 g/mol. The Hall–Kier alpha value is -1.08. The van der Waals surface area contributed by atoms with Crippen LogP contribution in [0.3, 0.4) is 0 Å². The zero-order valence-corrected chi connectivity index (χ0v) is 8.57. The zero-order chi connectivity index (χ0) is 10.6. The Morgan fingerprint density at radius 2 is 2.57 bits per heavy atom. The molecular formula is C7H12N4O2S. The number of carbonyl (C=O) groups is 1. The summed E-state index contributed by atoms with van der Waals surface area (Å²) in [5.41, 5.74) is 6.15. The smallest absolute Gasteiger partial charge is 0.321 e. The Kier molecular flexibility index (Phi) is 3.90. The summed E-state index contributed by atoms with van der Waals surface area (Å²) in [5, 5.41) is 16.1. The number of carboxylic acid groups (broad SMARTS) is 1. The van der Waals surface area contributed by atoms with Crippen LogP contribution in [0.2, 0.25) is 0 Å². The number of hydrogen-bond donors (Lipinski definition) is 2. The van der Waals surface area contributed by atoms with Crippen molar-refractivity contribution in [2.75, 3.05) is 5.75 Å². The molecule has 6 nitrogen and oxygen atoms in total. The van der Waals surface area contributed by atoms with Gasteiger partial charge in [-0.1, -0.05) is 5.21 Å². The van der Waals surface area contributed by atoms with Crippen molar-refractivity contribution in [3.8, 4) is 0 Å². The fraction of sp³-hybridized carbons (Fsp3) is 0.571. The summed E-state index contributed by atoms with van der Waals surface area (Å²) < 4.78 is 1.60. The van der Waals surface area contributed by atoms with E-state index in [-0.39, 0.29) is 0 Å². The summed E-state index contributed by atoms with van der Waals surface area (Å²) in [6, 6.07) is -0.809. The molecule has 78 valence electrons. The minimum Gasteiger partial charge on any atom is -0.480 e. The molecule has 0 aliphatic heterocycles. The summed E-state index contributed by atoms with van der Waals surface area (Å²) in [6.07, 6.45) is 1.79. The molecule has 3 N–H and O–H groups in total. The lowest BCUT2D eigenvalue weighted by molar-refractivity contribution is -0.137. The largest absolute Gasteiger partial charge is 0.480 e. The highest BCUT2D eigenvalue weighted by Gasteiger charge is 2.11. The first-order chi connectivity index (χ1) is 6.59. The van der Waals surface area contributed by atoms with Crippen LogP contribution < -0.4 is 5.73 Å². The molecule has 0 aromatic carbocycles. The lowest BCUT2D eigenvalue weighted by Gasteiger charge is -2.03. The van der Waals surface area contributed by atoms with Gasteiger partial charge in [-0.05, 0) is 0 Å². The van der Waals surface area contributed by atoms with Gasteiger partial charge in [0.1, 0.15) is 6.04 Å². The molecule has 14 heavy (non-hydrogen) atoms. The first-order valence-corrected chi connectivity index (χ1v) is 5.16. The highest BCUT2D eigenvalue weighted by molar-refractivity contribution is 7.98. The van der Waals surface area contributed by atoms with Gasteiger partial charge >= 0.3 is 5.97 Å². The SMILES string of the molecule is Cn1cc(CSC[C@@H](N)C(=O)O)nn1. The maximum absolute atomic E-state index is 10.4. The van der Waals surface area contributed by atoms with E-state index in [9.17, 15) is 4.79 Å². The van der Waals surface area contributed by atoms with Crippen molar-refractivity contribution in [2.45, 2.75) is 11.8 Å². The number of nitrogens with zero attached hydrogens (tertiary/aromatic N) is 3. The summed E-state index contributed by atoms with van der Waals surface area (Å²) in [5.74, 6) is 0.0393. The molecule has 0 saturated carbocycles. The zero-order valence-electron chi connectivity index (χ0n) is 7.75. The minimum absolute atomic E-state index is 0.381. The summed E-state index contributed by atoms with van der Waals surface area (Å²) in [4.78, 5) is 10.4. The molecule has 0 amide bonds. The molecule has 0 radical (unpaired) electrons. The Morgan fingerprint density at radius 1 is 1.86 bits per heavy atom. The number of aliphatic carboxylic acids is 1. The number of carboxylic acids is 1. The number of thioether (sulfide) groups is 1. The second kappa shape index (κ2) is 4.97. The van der Waals surface area contributed by atoms with Crippen molar-refractivity contribution in [3.05, 3.63) is 11.9 Å². The average molecular weight is 216 g/mol. The maximum Gasteiger partial charge on any atom is 0.321 e. The van der Waals surface area contributed by atoms with E-state index in [4.69, 9.17) is 10.8 Å². The van der Waals surface area contributed by atoms with Crippen LogP contribution in [0.5, 0.6) is 0 Å². The molecule has 1 heterocycles. The Labute approximate surface area is 85.5 Å². The first kappa shape index (κ1) is 11.0. The second-order valence-electron chi connectivity index (χ2n) is 2.84. The molecule has 0 unspecified atom stereocenters. The quantitative estimate of drug-likeness (QED) is 0.686. The van der Waals surface area contributed by atoms with Crippen LogP contribution in [0.15, 0.2) is 6.20 Å². The number of aromatic nitrogens is 3. The molecule has 7 heteroatoms. The van der Waals surface area contributed by atoms with Crippen molar-refractivity contribution in [2.24, 2.45) is 12.8 Å². The Morgan fingerprint density at radius 3 is 3.07 bits per heavy atom. The van der Waals surface area contributed by atoms with E-state index in [2.05, 4.69) is 10.3 Å². The predicted molar refractivity (Wildman–Crippen MR) is 52.8 cm³/mol. The molecule has 1 aromatic heterocycles. The highest BCUT2D eigenvalue weighted by Crippen LogP contribution is 2.09. The van der Waals surface area contributed by atoms with E-state index < -0.39 is 12.0 Å². The van der Waals surface area contributed by atoms with E-state index in [0.717, 1.165) is 5.69 Å². The standard InChI is InChI=1S/C7H12N4O2S/c1-11-2-5(9-10-11)3-14-4-6(8)7(12)13/h2,6H,3-4,8H2,1H3,(H,12,13)/t6-/m1/s1. The summed E-state index contributed by atoms with van der Waals surface area (Å²) in [7, 11) is 1.78. The molecule has 0 aliphatic rings. The van der Waals surface area contributed by atoms with Crippen LogP contribution in [-0.4, -0.2) is 37.9 Å². The van der Waals surface area contributed by atoms with Gasteiger partial charge in [-0.2, -0.15) is 11.8 Å². The predicted octanol–water partition coefficient (Wildman–Crippen LogP) is -0.540. The van der Waals surface area contributed by atoms with Crippen LogP contribution in [0.1, 0.15) is 5.69 Å². The van der Waals surface area contributed by atoms with Crippen LogP contribution in [-0.2, 0) is 17.6 Å². The van der Waals surface area contributed by atoms with Crippen molar-refractivity contribution in [1.29, 1.82) is 0 Å². The molecule has 1 aromatic rings. The molecule has 1 rings (SSSR count). The topological polar surface area (TPSA) is 94.0 Å². The van der Waals surface area contributed by atoms with Gasteiger partial charge in [0.05, 0.1) is 5.69 Å². The van der Waals surface area contributed by atoms with Crippen LogP contribution in [0.25, 0.3) is 0 Å². The summed E-state index contributed by atoms with van der Waals surface area (Å²) in [6.45, 7) is 0. The van der Waals surface area contributed by atoms with Crippen molar-refractivity contribution >= 4 is 17.7 Å². The van der Waals surface area contributed by atoms with Gasteiger partial charge in [-0.25, -0.2) is 0 Å². The molecule has 0 fully saturated rings. The van der Waals surface area contributed by atoms with Gasteiger partial charge < -0.3 is 10.8 Å². The second-order valence-corrected chi connectivity index (χ2v) is 3.87. The summed E-state index contributed by atoms with van der Waals surface area (Å²) >= 11 is 1.43. The monoisotopic (exact) mass is 216 g/mol. The van der Waals surface area contributed by atoms with Gasteiger partial charge in [-0.15, -0.1) is 5.10 Å². The van der Waals surface area contributed by atoms with Gasteiger partial charge in [0, 0.05) is 24.8 Å². The number of rotatable bonds is 5. The molecule has 0 aliphatic carbocycles. The maximum atomic E-state index is 10.4. The van der Waals surface area contributed by atoms with Crippen molar-refractivity contribution < 1.29 is 9.90 Å². The normalized spacial score (nSPS) is 12.7. The third kappa shape index (κ3) is 3.35. The van der Waals surface area contributed by atoms with Crippen molar-refractivity contribution in [3.63, 3.8) is 0 Å². The number of aryl methyl sites for hydroxylation is 1. The van der Waals surface area contributed by atoms with E-state index in [1.165, 1.54) is 11.8 Å². The lowest BCUT2D eigenvalue weighted by Crippen LogP contribution is -2.32. The first-order valence-electron chi connectivity index (χ1n) is 4.01.